The van der Waals surface area contributed by atoms with Crippen LogP contribution in [-0.4, -0.2) is 15.2 Å². The molecule has 0 aliphatic carbocycles. The molecule has 2 heterocycles. The smallest absolute Gasteiger partial charge is 0.273 e. The van der Waals surface area contributed by atoms with Crippen molar-refractivity contribution < 1.29 is 13.2 Å². The van der Waals surface area contributed by atoms with Crippen LogP contribution < -0.4 is 0 Å². The number of nitrogens with zero attached hydrogens (tertiary/aromatic N) is 2. The Balaban J connectivity index is 1.97. The predicted molar refractivity (Wildman–Crippen MR) is 77.0 cm³/mol. The maximum absolute atomic E-state index is 12.6. The number of H-pyrrole nitrogens is 1. The minimum absolute atomic E-state index is 0.168. The molecular weight excluding hydrogens is 291 g/mol. The number of alkyl halides is 3. The van der Waals surface area contributed by atoms with Crippen LogP contribution in [-0.2, 0) is 6.18 Å². The standard InChI is InChI=1S/C16H12F3N3/c1-10-5-7-11(8-6-10)12-3-2-4-13(20-12)14-9-15(22-21-14)16(17,18)19/h2-9H,1H3,(H,21,22). The van der Waals surface area contributed by atoms with E-state index in [-0.39, 0.29) is 5.69 Å². The van der Waals surface area contributed by atoms with E-state index in [0.29, 0.717) is 11.4 Å². The molecule has 0 spiro atoms. The van der Waals surface area contributed by atoms with Crippen LogP contribution in [0.15, 0.2) is 48.5 Å². The average Bonchev–Trinajstić information content (AvgIpc) is 2.98. The van der Waals surface area contributed by atoms with Gasteiger partial charge in [-0.25, -0.2) is 4.98 Å². The Hall–Kier alpha value is -2.63. The van der Waals surface area contributed by atoms with Crippen LogP contribution in [0.3, 0.4) is 0 Å². The van der Waals surface area contributed by atoms with Gasteiger partial charge in [0.1, 0.15) is 11.4 Å². The van der Waals surface area contributed by atoms with Gasteiger partial charge in [-0.1, -0.05) is 35.9 Å². The monoisotopic (exact) mass is 303 g/mol. The molecule has 0 fully saturated rings. The van der Waals surface area contributed by atoms with E-state index in [1.807, 2.05) is 42.4 Å². The van der Waals surface area contributed by atoms with E-state index in [9.17, 15) is 13.2 Å². The zero-order valence-electron chi connectivity index (χ0n) is 11.6. The number of aryl methyl sites for hydroxylation is 1. The molecule has 0 amide bonds. The van der Waals surface area contributed by atoms with E-state index in [0.717, 1.165) is 17.2 Å². The molecule has 0 radical (unpaired) electrons. The third-order valence-electron chi connectivity index (χ3n) is 3.24. The Morgan fingerprint density at radius 3 is 2.23 bits per heavy atom. The van der Waals surface area contributed by atoms with Crippen LogP contribution >= 0.6 is 0 Å². The number of rotatable bonds is 2. The van der Waals surface area contributed by atoms with E-state index in [2.05, 4.69) is 10.1 Å². The summed E-state index contributed by atoms with van der Waals surface area (Å²) in [6.07, 6.45) is -4.44. The van der Waals surface area contributed by atoms with Crippen molar-refractivity contribution in [3.63, 3.8) is 0 Å². The van der Waals surface area contributed by atoms with Gasteiger partial charge in [0.25, 0.3) is 0 Å². The summed E-state index contributed by atoms with van der Waals surface area (Å²) in [7, 11) is 0. The highest BCUT2D eigenvalue weighted by atomic mass is 19.4. The highest BCUT2D eigenvalue weighted by molar-refractivity contribution is 5.64. The second kappa shape index (κ2) is 5.29. The Morgan fingerprint density at radius 1 is 0.909 bits per heavy atom. The molecular formula is C16H12F3N3. The fourth-order valence-corrected chi connectivity index (χ4v) is 2.06. The Labute approximate surface area is 124 Å². The zero-order valence-corrected chi connectivity index (χ0v) is 11.6. The summed E-state index contributed by atoms with van der Waals surface area (Å²) in [5.74, 6) is 0. The van der Waals surface area contributed by atoms with Gasteiger partial charge in [-0.2, -0.15) is 18.3 Å². The second-order valence-electron chi connectivity index (χ2n) is 4.94. The van der Waals surface area contributed by atoms with Crippen molar-refractivity contribution in [3.8, 4) is 22.6 Å². The number of aromatic amines is 1. The topological polar surface area (TPSA) is 41.6 Å². The van der Waals surface area contributed by atoms with E-state index in [1.165, 1.54) is 0 Å². The summed E-state index contributed by atoms with van der Waals surface area (Å²) in [6.45, 7) is 1.98. The molecule has 0 aliphatic rings. The van der Waals surface area contributed by atoms with E-state index < -0.39 is 11.9 Å². The summed E-state index contributed by atoms with van der Waals surface area (Å²) in [5.41, 5.74) is 2.39. The van der Waals surface area contributed by atoms with Gasteiger partial charge in [-0.3, -0.25) is 5.10 Å². The number of hydrogen-bond donors (Lipinski definition) is 1. The molecule has 112 valence electrons. The SMILES string of the molecule is Cc1ccc(-c2cccc(-c3cc(C(F)(F)F)[nH]n3)n2)cc1. The minimum atomic E-state index is -4.44. The molecule has 22 heavy (non-hydrogen) atoms. The Bertz CT molecular complexity index is 789. The van der Waals surface area contributed by atoms with Crippen molar-refractivity contribution in [1.29, 1.82) is 0 Å². The van der Waals surface area contributed by atoms with Crippen LogP contribution in [0.2, 0.25) is 0 Å². The van der Waals surface area contributed by atoms with Gasteiger partial charge in [-0.15, -0.1) is 0 Å². The molecule has 3 nitrogen and oxygen atoms in total. The summed E-state index contributed by atoms with van der Waals surface area (Å²) >= 11 is 0. The third-order valence-corrected chi connectivity index (χ3v) is 3.24. The molecule has 3 rings (SSSR count). The zero-order chi connectivity index (χ0) is 15.7. The summed E-state index contributed by atoms with van der Waals surface area (Å²) < 4.78 is 37.8. The fourth-order valence-electron chi connectivity index (χ4n) is 2.06. The van der Waals surface area contributed by atoms with Gasteiger partial charge in [0.05, 0.1) is 11.4 Å². The van der Waals surface area contributed by atoms with Gasteiger partial charge >= 0.3 is 6.18 Å². The third kappa shape index (κ3) is 2.86. The minimum Gasteiger partial charge on any atom is -0.273 e. The highest BCUT2D eigenvalue weighted by Crippen LogP contribution is 2.30. The molecule has 0 bridgehead atoms. The molecule has 2 aromatic heterocycles. The molecule has 3 aromatic rings. The fraction of sp³-hybridized carbons (Fsp3) is 0.125. The number of halogens is 3. The number of nitrogens with one attached hydrogen (secondary N) is 1. The summed E-state index contributed by atoms with van der Waals surface area (Å²) in [6, 6.07) is 13.9. The number of benzene rings is 1. The van der Waals surface area contributed by atoms with Crippen molar-refractivity contribution in [3.05, 3.63) is 59.8 Å². The predicted octanol–water partition coefficient (Wildman–Crippen LogP) is 4.47. The van der Waals surface area contributed by atoms with Crippen molar-refractivity contribution in [2.45, 2.75) is 13.1 Å². The van der Waals surface area contributed by atoms with E-state index >= 15 is 0 Å². The van der Waals surface area contributed by atoms with Crippen molar-refractivity contribution in [2.24, 2.45) is 0 Å². The second-order valence-corrected chi connectivity index (χ2v) is 4.94. The first kappa shape index (κ1) is 14.3. The molecule has 1 N–H and O–H groups in total. The van der Waals surface area contributed by atoms with Crippen LogP contribution in [0, 0.1) is 6.92 Å². The Kier molecular flexibility index (Phi) is 3.44. The van der Waals surface area contributed by atoms with Gasteiger partial charge in [0.15, 0.2) is 0 Å². The first-order valence-corrected chi connectivity index (χ1v) is 6.60. The Morgan fingerprint density at radius 2 is 1.59 bits per heavy atom. The molecule has 0 unspecified atom stereocenters. The lowest BCUT2D eigenvalue weighted by Crippen LogP contribution is -2.04. The van der Waals surface area contributed by atoms with Gasteiger partial charge in [0.2, 0.25) is 0 Å². The maximum atomic E-state index is 12.6. The van der Waals surface area contributed by atoms with Crippen LogP contribution in [0.1, 0.15) is 11.3 Å². The quantitative estimate of drug-likeness (QED) is 0.759. The molecule has 0 aliphatic heterocycles. The largest absolute Gasteiger partial charge is 0.432 e. The van der Waals surface area contributed by atoms with Gasteiger partial charge in [0, 0.05) is 5.56 Å². The lowest BCUT2D eigenvalue weighted by molar-refractivity contribution is -0.141. The van der Waals surface area contributed by atoms with Gasteiger partial charge in [-0.05, 0) is 25.1 Å². The number of aromatic nitrogens is 3. The molecule has 0 saturated heterocycles. The number of pyridine rings is 1. The highest BCUT2D eigenvalue weighted by Gasteiger charge is 2.33. The number of hydrogen-bond acceptors (Lipinski definition) is 2. The molecule has 1 aromatic carbocycles. The first-order chi connectivity index (χ1) is 10.4. The molecule has 6 heteroatoms. The molecule has 0 atom stereocenters. The summed E-state index contributed by atoms with van der Waals surface area (Å²) in [4.78, 5) is 4.39. The van der Waals surface area contributed by atoms with Crippen molar-refractivity contribution >= 4 is 0 Å². The lowest BCUT2D eigenvalue weighted by Gasteiger charge is -2.03. The van der Waals surface area contributed by atoms with Crippen LogP contribution in [0.25, 0.3) is 22.6 Å². The van der Waals surface area contributed by atoms with Crippen molar-refractivity contribution in [1.82, 2.24) is 15.2 Å². The maximum Gasteiger partial charge on any atom is 0.432 e. The van der Waals surface area contributed by atoms with E-state index in [4.69, 9.17) is 0 Å². The molecule has 0 saturated carbocycles. The van der Waals surface area contributed by atoms with Crippen molar-refractivity contribution in [2.75, 3.05) is 0 Å². The summed E-state index contributed by atoms with van der Waals surface area (Å²) in [5, 5.41) is 5.69. The lowest BCUT2D eigenvalue weighted by atomic mass is 10.1. The van der Waals surface area contributed by atoms with Crippen LogP contribution in [0.4, 0.5) is 13.2 Å². The first-order valence-electron chi connectivity index (χ1n) is 6.60. The normalized spacial score (nSPS) is 11.6. The van der Waals surface area contributed by atoms with Gasteiger partial charge < -0.3 is 0 Å². The van der Waals surface area contributed by atoms with E-state index in [1.54, 1.807) is 12.1 Å². The average molecular weight is 303 g/mol. The van der Waals surface area contributed by atoms with Crippen LogP contribution in [0.5, 0.6) is 0 Å².